The fourth-order valence-electron chi connectivity index (χ4n) is 2.43. The van der Waals surface area contributed by atoms with Crippen molar-refractivity contribution in [2.45, 2.75) is 19.0 Å². The van der Waals surface area contributed by atoms with Gasteiger partial charge in [0.05, 0.1) is 12.6 Å². The van der Waals surface area contributed by atoms with Crippen LogP contribution in [-0.4, -0.2) is 36.5 Å². The molecule has 1 heterocycles. The van der Waals surface area contributed by atoms with E-state index in [1.807, 2.05) is 31.2 Å². The summed E-state index contributed by atoms with van der Waals surface area (Å²) in [6.07, 6.45) is 0. The van der Waals surface area contributed by atoms with E-state index in [2.05, 4.69) is 10.2 Å². The topological polar surface area (TPSA) is 58.4 Å². The maximum Gasteiger partial charge on any atom is 0.234 e. The lowest BCUT2D eigenvalue weighted by Crippen LogP contribution is -2.52. The SMILES string of the molecule is CC(N)C(c1cccc(Cl)c1)N1CCNC(=O)C1. The average Bonchev–Trinajstić information content (AvgIpc) is 2.28. The van der Waals surface area contributed by atoms with E-state index in [0.29, 0.717) is 18.1 Å². The first kappa shape index (κ1) is 13.3. The van der Waals surface area contributed by atoms with E-state index in [1.54, 1.807) is 0 Å². The molecule has 98 valence electrons. The summed E-state index contributed by atoms with van der Waals surface area (Å²) in [6, 6.07) is 7.64. The van der Waals surface area contributed by atoms with Crippen molar-refractivity contribution in [2.75, 3.05) is 19.6 Å². The number of hydrogen-bond acceptors (Lipinski definition) is 3. The van der Waals surface area contributed by atoms with Crippen molar-refractivity contribution in [3.8, 4) is 0 Å². The van der Waals surface area contributed by atoms with Gasteiger partial charge < -0.3 is 11.1 Å². The quantitative estimate of drug-likeness (QED) is 0.864. The predicted octanol–water partition coefficient (Wildman–Crippen LogP) is 1.16. The van der Waals surface area contributed by atoms with Crippen molar-refractivity contribution in [2.24, 2.45) is 5.73 Å². The number of rotatable bonds is 3. The zero-order chi connectivity index (χ0) is 13.1. The molecule has 1 aliphatic rings. The molecule has 0 spiro atoms. The average molecular weight is 268 g/mol. The number of nitrogens with two attached hydrogens (primary N) is 1. The zero-order valence-corrected chi connectivity index (χ0v) is 11.2. The maximum absolute atomic E-state index is 11.5. The van der Waals surface area contributed by atoms with Crippen LogP contribution in [0.1, 0.15) is 18.5 Å². The van der Waals surface area contributed by atoms with Gasteiger partial charge in [0, 0.05) is 24.2 Å². The van der Waals surface area contributed by atoms with Gasteiger partial charge in [-0.1, -0.05) is 23.7 Å². The predicted molar refractivity (Wildman–Crippen MR) is 72.4 cm³/mol. The van der Waals surface area contributed by atoms with Gasteiger partial charge in [0.15, 0.2) is 0 Å². The van der Waals surface area contributed by atoms with Gasteiger partial charge in [-0.05, 0) is 24.6 Å². The molecule has 0 saturated carbocycles. The van der Waals surface area contributed by atoms with E-state index < -0.39 is 0 Å². The molecule has 18 heavy (non-hydrogen) atoms. The molecule has 1 aromatic rings. The third-order valence-corrected chi connectivity index (χ3v) is 3.38. The Morgan fingerprint density at radius 1 is 1.50 bits per heavy atom. The van der Waals surface area contributed by atoms with Crippen LogP contribution in [0.4, 0.5) is 0 Å². The van der Waals surface area contributed by atoms with E-state index >= 15 is 0 Å². The monoisotopic (exact) mass is 267 g/mol. The first-order valence-corrected chi connectivity index (χ1v) is 6.47. The Hall–Kier alpha value is -1.10. The van der Waals surface area contributed by atoms with Crippen LogP contribution in [-0.2, 0) is 4.79 Å². The van der Waals surface area contributed by atoms with Gasteiger partial charge in [-0.3, -0.25) is 9.69 Å². The molecule has 3 N–H and O–H groups in total. The van der Waals surface area contributed by atoms with E-state index in [0.717, 1.165) is 12.1 Å². The summed E-state index contributed by atoms with van der Waals surface area (Å²) in [5, 5.41) is 3.52. The summed E-state index contributed by atoms with van der Waals surface area (Å²) in [5.74, 6) is 0.0499. The zero-order valence-electron chi connectivity index (χ0n) is 10.4. The molecule has 1 aliphatic heterocycles. The summed E-state index contributed by atoms with van der Waals surface area (Å²) in [7, 11) is 0. The lowest BCUT2D eigenvalue weighted by atomic mass is 9.98. The van der Waals surface area contributed by atoms with Crippen LogP contribution in [0.25, 0.3) is 0 Å². The fourth-order valence-corrected chi connectivity index (χ4v) is 2.63. The Morgan fingerprint density at radius 3 is 2.89 bits per heavy atom. The molecule has 0 aromatic heterocycles. The molecule has 0 bridgehead atoms. The minimum atomic E-state index is -0.0608. The standard InChI is InChI=1S/C13H18ClN3O/c1-9(15)13(10-3-2-4-11(14)7-10)17-6-5-16-12(18)8-17/h2-4,7,9,13H,5-6,8,15H2,1H3,(H,16,18). The van der Waals surface area contributed by atoms with Crippen LogP contribution in [0.3, 0.4) is 0 Å². The number of halogens is 1. The number of piperazine rings is 1. The van der Waals surface area contributed by atoms with Crippen LogP contribution in [0, 0.1) is 0 Å². The Kier molecular flexibility index (Phi) is 4.22. The second-order valence-corrected chi connectivity index (χ2v) is 5.12. The number of carbonyl (C=O) groups is 1. The summed E-state index contributed by atoms with van der Waals surface area (Å²) in [6.45, 7) is 3.82. The van der Waals surface area contributed by atoms with Gasteiger partial charge in [0.2, 0.25) is 5.91 Å². The highest BCUT2D eigenvalue weighted by Crippen LogP contribution is 2.26. The van der Waals surface area contributed by atoms with Crippen molar-refractivity contribution in [1.82, 2.24) is 10.2 Å². The molecule has 1 amide bonds. The Balaban J connectivity index is 2.25. The molecule has 0 aliphatic carbocycles. The molecule has 4 nitrogen and oxygen atoms in total. The number of carbonyl (C=O) groups excluding carboxylic acids is 1. The largest absolute Gasteiger partial charge is 0.354 e. The summed E-state index contributed by atoms with van der Waals surface area (Å²) >= 11 is 6.02. The van der Waals surface area contributed by atoms with Gasteiger partial charge >= 0.3 is 0 Å². The third-order valence-electron chi connectivity index (χ3n) is 3.15. The first-order chi connectivity index (χ1) is 8.58. The van der Waals surface area contributed by atoms with E-state index in [9.17, 15) is 4.79 Å². The Labute approximate surface area is 112 Å². The lowest BCUT2D eigenvalue weighted by molar-refractivity contribution is -0.125. The van der Waals surface area contributed by atoms with Crippen molar-refractivity contribution in [3.63, 3.8) is 0 Å². The van der Waals surface area contributed by atoms with Crippen LogP contribution >= 0.6 is 11.6 Å². The summed E-state index contributed by atoms with van der Waals surface area (Å²) in [4.78, 5) is 13.6. The van der Waals surface area contributed by atoms with Gasteiger partial charge in [0.1, 0.15) is 0 Å². The highest BCUT2D eigenvalue weighted by molar-refractivity contribution is 6.30. The van der Waals surface area contributed by atoms with Crippen LogP contribution in [0.5, 0.6) is 0 Å². The van der Waals surface area contributed by atoms with Gasteiger partial charge in [-0.25, -0.2) is 0 Å². The van der Waals surface area contributed by atoms with Crippen LogP contribution in [0.2, 0.25) is 5.02 Å². The normalized spacial score (nSPS) is 20.3. The Morgan fingerprint density at radius 2 is 2.28 bits per heavy atom. The van der Waals surface area contributed by atoms with Crippen molar-refractivity contribution >= 4 is 17.5 Å². The van der Waals surface area contributed by atoms with E-state index in [1.165, 1.54) is 0 Å². The third kappa shape index (κ3) is 3.02. The van der Waals surface area contributed by atoms with Crippen molar-refractivity contribution < 1.29 is 4.79 Å². The van der Waals surface area contributed by atoms with Gasteiger partial charge in [0.25, 0.3) is 0 Å². The lowest BCUT2D eigenvalue weighted by Gasteiger charge is -2.36. The van der Waals surface area contributed by atoms with Gasteiger partial charge in [-0.15, -0.1) is 0 Å². The molecule has 2 rings (SSSR count). The van der Waals surface area contributed by atoms with E-state index in [-0.39, 0.29) is 18.0 Å². The molecule has 5 heteroatoms. The first-order valence-electron chi connectivity index (χ1n) is 6.09. The maximum atomic E-state index is 11.5. The molecule has 2 unspecified atom stereocenters. The summed E-state index contributed by atoms with van der Waals surface area (Å²) in [5.41, 5.74) is 7.14. The Bertz CT molecular complexity index is 436. The highest BCUT2D eigenvalue weighted by atomic mass is 35.5. The molecule has 1 saturated heterocycles. The van der Waals surface area contributed by atoms with Crippen LogP contribution < -0.4 is 11.1 Å². The molecule has 0 radical (unpaired) electrons. The number of nitrogens with one attached hydrogen (secondary N) is 1. The number of amides is 1. The molecular formula is C13H18ClN3O. The van der Waals surface area contributed by atoms with Crippen LogP contribution in [0.15, 0.2) is 24.3 Å². The second kappa shape index (κ2) is 5.69. The van der Waals surface area contributed by atoms with Crippen molar-refractivity contribution in [3.05, 3.63) is 34.9 Å². The molecule has 2 atom stereocenters. The number of hydrogen-bond donors (Lipinski definition) is 2. The molecule has 1 fully saturated rings. The van der Waals surface area contributed by atoms with Crippen molar-refractivity contribution in [1.29, 1.82) is 0 Å². The second-order valence-electron chi connectivity index (χ2n) is 4.68. The smallest absolute Gasteiger partial charge is 0.234 e. The number of nitrogens with zero attached hydrogens (tertiary/aromatic N) is 1. The highest BCUT2D eigenvalue weighted by Gasteiger charge is 2.28. The fraction of sp³-hybridized carbons (Fsp3) is 0.462. The molecule has 1 aromatic carbocycles. The van der Waals surface area contributed by atoms with E-state index in [4.69, 9.17) is 17.3 Å². The molecular weight excluding hydrogens is 250 g/mol. The summed E-state index contributed by atoms with van der Waals surface area (Å²) < 4.78 is 0. The minimum absolute atomic E-state index is 0.0229. The minimum Gasteiger partial charge on any atom is -0.354 e. The van der Waals surface area contributed by atoms with Gasteiger partial charge in [-0.2, -0.15) is 0 Å². The number of benzene rings is 1.